The summed E-state index contributed by atoms with van der Waals surface area (Å²) in [5.74, 6) is -1.06. The van der Waals surface area contributed by atoms with Gasteiger partial charge in [-0.25, -0.2) is 0 Å². The Morgan fingerprint density at radius 2 is 1.31 bits per heavy atom. The number of carbonyl (C=O) groups excluding carboxylic acids is 3. The Bertz CT molecular complexity index is 1240. The number of halogens is 3. The highest BCUT2D eigenvalue weighted by atomic mass is 19.4. The fourth-order valence-corrected chi connectivity index (χ4v) is 3.26. The molecular weight excluding hydrogens is 473 g/mol. The normalized spacial score (nSPS) is 10.9. The van der Waals surface area contributed by atoms with Crippen LogP contribution in [0.2, 0.25) is 0 Å². The van der Waals surface area contributed by atoms with Crippen LogP contribution in [0.5, 0.6) is 0 Å². The Labute approximate surface area is 206 Å². The first-order valence-corrected chi connectivity index (χ1v) is 11.2. The van der Waals surface area contributed by atoms with Crippen molar-refractivity contribution in [3.8, 4) is 0 Å². The van der Waals surface area contributed by atoms with Crippen LogP contribution in [0, 0.1) is 0 Å². The van der Waals surface area contributed by atoms with Crippen molar-refractivity contribution in [3.05, 3.63) is 83.9 Å². The van der Waals surface area contributed by atoms with E-state index in [1.54, 1.807) is 36.4 Å². The molecule has 0 saturated heterocycles. The van der Waals surface area contributed by atoms with Crippen LogP contribution in [0.15, 0.2) is 72.8 Å². The second-order valence-electron chi connectivity index (χ2n) is 7.89. The molecule has 36 heavy (non-hydrogen) atoms. The van der Waals surface area contributed by atoms with Gasteiger partial charge in [0.15, 0.2) is 0 Å². The summed E-state index contributed by atoms with van der Waals surface area (Å²) < 4.78 is 38.7. The number of amides is 3. The minimum Gasteiger partial charge on any atom is -0.376 e. The molecule has 4 N–H and O–H groups in total. The number of carbonyl (C=O) groups is 3. The molecule has 3 amide bonds. The third-order valence-corrected chi connectivity index (χ3v) is 4.93. The summed E-state index contributed by atoms with van der Waals surface area (Å²) in [7, 11) is 0. The molecule has 0 spiro atoms. The quantitative estimate of drug-likeness (QED) is 0.302. The van der Waals surface area contributed by atoms with Crippen molar-refractivity contribution in [3.63, 3.8) is 0 Å². The first kappa shape index (κ1) is 26.3. The molecule has 0 bridgehead atoms. The Morgan fingerprint density at radius 1 is 0.722 bits per heavy atom. The Kier molecular flexibility index (Phi) is 8.66. The van der Waals surface area contributed by atoms with Crippen LogP contribution in [-0.2, 0) is 15.8 Å². The Hall–Kier alpha value is -4.34. The molecule has 0 saturated carbocycles. The van der Waals surface area contributed by atoms with Gasteiger partial charge in [-0.15, -0.1) is 0 Å². The zero-order chi connectivity index (χ0) is 26.1. The lowest BCUT2D eigenvalue weighted by Gasteiger charge is -2.12. The first-order valence-electron chi connectivity index (χ1n) is 11.2. The number of rotatable bonds is 9. The molecule has 0 aliphatic carbocycles. The predicted octanol–water partition coefficient (Wildman–Crippen LogP) is 5.75. The van der Waals surface area contributed by atoms with E-state index in [4.69, 9.17) is 0 Å². The monoisotopic (exact) mass is 498 g/mol. The van der Waals surface area contributed by atoms with E-state index in [-0.39, 0.29) is 29.6 Å². The van der Waals surface area contributed by atoms with E-state index in [2.05, 4.69) is 21.3 Å². The van der Waals surface area contributed by atoms with Crippen LogP contribution in [-0.4, -0.2) is 24.3 Å². The zero-order valence-corrected chi connectivity index (χ0v) is 19.4. The molecule has 0 heterocycles. The average molecular weight is 499 g/mol. The van der Waals surface area contributed by atoms with Crippen LogP contribution in [0.3, 0.4) is 0 Å². The lowest BCUT2D eigenvalue weighted by atomic mass is 10.1. The SMILES string of the molecule is CCCC(=O)Nc1cccc(NC(=O)CNc2cccc(C(=O)Nc3cccc(C(F)(F)F)c3)c2)c1. The van der Waals surface area contributed by atoms with E-state index in [1.165, 1.54) is 24.3 Å². The first-order chi connectivity index (χ1) is 17.1. The molecule has 3 rings (SSSR count). The van der Waals surface area contributed by atoms with E-state index < -0.39 is 17.6 Å². The molecule has 0 aliphatic heterocycles. The number of hydrogen-bond donors (Lipinski definition) is 4. The molecular formula is C26H25F3N4O3. The summed E-state index contributed by atoms with van der Waals surface area (Å²) in [5.41, 5.74) is 0.899. The van der Waals surface area contributed by atoms with E-state index in [0.717, 1.165) is 18.6 Å². The molecule has 3 aromatic carbocycles. The maximum Gasteiger partial charge on any atom is 0.416 e. The largest absolute Gasteiger partial charge is 0.416 e. The topological polar surface area (TPSA) is 99.3 Å². The van der Waals surface area contributed by atoms with Gasteiger partial charge in [-0.2, -0.15) is 13.2 Å². The van der Waals surface area contributed by atoms with E-state index in [9.17, 15) is 27.6 Å². The fraction of sp³-hybridized carbons (Fsp3) is 0.192. The summed E-state index contributed by atoms with van der Waals surface area (Å²) in [6.45, 7) is 1.80. The molecule has 7 nitrogen and oxygen atoms in total. The van der Waals surface area contributed by atoms with E-state index >= 15 is 0 Å². The van der Waals surface area contributed by atoms with Gasteiger partial charge < -0.3 is 21.3 Å². The number of hydrogen-bond acceptors (Lipinski definition) is 4. The van der Waals surface area contributed by atoms with E-state index in [0.29, 0.717) is 23.5 Å². The van der Waals surface area contributed by atoms with Crippen molar-refractivity contribution in [2.24, 2.45) is 0 Å². The van der Waals surface area contributed by atoms with Crippen molar-refractivity contribution in [1.29, 1.82) is 0 Å². The highest BCUT2D eigenvalue weighted by molar-refractivity contribution is 6.05. The number of benzene rings is 3. The highest BCUT2D eigenvalue weighted by Gasteiger charge is 2.30. The van der Waals surface area contributed by atoms with Crippen molar-refractivity contribution in [2.75, 3.05) is 27.8 Å². The molecule has 0 unspecified atom stereocenters. The number of alkyl halides is 3. The molecule has 188 valence electrons. The molecule has 10 heteroatoms. The third-order valence-electron chi connectivity index (χ3n) is 4.93. The van der Waals surface area contributed by atoms with Gasteiger partial charge in [0.05, 0.1) is 12.1 Å². The highest BCUT2D eigenvalue weighted by Crippen LogP contribution is 2.30. The summed E-state index contributed by atoms with van der Waals surface area (Å²) in [6.07, 6.45) is -3.39. The molecule has 0 fully saturated rings. The fourth-order valence-electron chi connectivity index (χ4n) is 3.26. The van der Waals surface area contributed by atoms with Gasteiger partial charge in [0.25, 0.3) is 5.91 Å². The Morgan fingerprint density at radius 3 is 1.97 bits per heavy atom. The van der Waals surface area contributed by atoms with Crippen LogP contribution in [0.1, 0.15) is 35.7 Å². The van der Waals surface area contributed by atoms with Crippen molar-refractivity contribution >= 4 is 40.5 Å². The van der Waals surface area contributed by atoms with E-state index in [1.807, 2.05) is 6.92 Å². The van der Waals surface area contributed by atoms with Gasteiger partial charge >= 0.3 is 6.18 Å². The van der Waals surface area contributed by atoms with Gasteiger partial charge in [0.1, 0.15) is 0 Å². The molecule has 3 aromatic rings. The van der Waals surface area contributed by atoms with Crippen LogP contribution >= 0.6 is 0 Å². The minimum absolute atomic E-state index is 0.0145. The molecule has 0 aromatic heterocycles. The van der Waals surface area contributed by atoms with Gasteiger partial charge in [0, 0.05) is 34.7 Å². The molecule has 0 atom stereocenters. The maximum atomic E-state index is 12.9. The average Bonchev–Trinajstić information content (AvgIpc) is 2.83. The summed E-state index contributed by atoms with van der Waals surface area (Å²) in [5, 5.41) is 10.8. The van der Waals surface area contributed by atoms with Crippen molar-refractivity contribution < 1.29 is 27.6 Å². The third kappa shape index (κ3) is 7.86. The van der Waals surface area contributed by atoms with Crippen molar-refractivity contribution in [1.82, 2.24) is 0 Å². The smallest absolute Gasteiger partial charge is 0.376 e. The summed E-state index contributed by atoms with van der Waals surface area (Å²) >= 11 is 0. The van der Waals surface area contributed by atoms with Gasteiger partial charge in [0.2, 0.25) is 11.8 Å². The number of nitrogens with one attached hydrogen (secondary N) is 4. The van der Waals surface area contributed by atoms with Gasteiger partial charge in [-0.05, 0) is 61.0 Å². The molecule has 0 radical (unpaired) electrons. The van der Waals surface area contributed by atoms with Crippen molar-refractivity contribution in [2.45, 2.75) is 25.9 Å². The zero-order valence-electron chi connectivity index (χ0n) is 19.4. The predicted molar refractivity (Wildman–Crippen MR) is 133 cm³/mol. The summed E-state index contributed by atoms with van der Waals surface area (Å²) in [4.78, 5) is 36.6. The lowest BCUT2D eigenvalue weighted by Crippen LogP contribution is -2.22. The number of anilines is 4. The lowest BCUT2D eigenvalue weighted by molar-refractivity contribution is -0.137. The van der Waals surface area contributed by atoms with Crippen LogP contribution < -0.4 is 21.3 Å². The minimum atomic E-state index is -4.52. The van der Waals surface area contributed by atoms with Gasteiger partial charge in [-0.3, -0.25) is 14.4 Å². The van der Waals surface area contributed by atoms with Crippen LogP contribution in [0.25, 0.3) is 0 Å². The second kappa shape index (κ2) is 11.9. The summed E-state index contributed by atoms with van der Waals surface area (Å²) in [6, 6.07) is 17.3. The standard InChI is InChI=1S/C26H25F3N4O3/c1-2-6-23(34)31-21-11-5-12-22(15-21)32-24(35)16-30-19-9-3-7-17(13-19)25(36)33-20-10-4-8-18(14-20)26(27,28)29/h3-5,7-15,30H,2,6,16H2,1H3,(H,31,34)(H,32,35)(H,33,36). The Balaban J connectivity index is 1.56. The second-order valence-corrected chi connectivity index (χ2v) is 7.89. The van der Waals surface area contributed by atoms with Crippen LogP contribution in [0.4, 0.5) is 35.9 Å². The maximum absolute atomic E-state index is 12.9. The van der Waals surface area contributed by atoms with Gasteiger partial charge in [-0.1, -0.05) is 25.1 Å². The molecule has 0 aliphatic rings.